The van der Waals surface area contributed by atoms with Crippen LogP contribution >= 0.6 is 0 Å². The predicted molar refractivity (Wildman–Crippen MR) is 131 cm³/mol. The minimum absolute atomic E-state index is 0.165. The van der Waals surface area contributed by atoms with E-state index in [-0.39, 0.29) is 12.5 Å². The first-order valence-electron chi connectivity index (χ1n) is 11.1. The van der Waals surface area contributed by atoms with Gasteiger partial charge in [-0.3, -0.25) is 4.79 Å². The van der Waals surface area contributed by atoms with Crippen LogP contribution in [0.25, 0.3) is 0 Å². The number of aryl methyl sites for hydroxylation is 1. The molecule has 0 unspecified atom stereocenters. The molecule has 0 saturated carbocycles. The van der Waals surface area contributed by atoms with Gasteiger partial charge in [-0.15, -0.1) is 0 Å². The third-order valence-corrected chi connectivity index (χ3v) is 4.71. The van der Waals surface area contributed by atoms with Crippen LogP contribution < -0.4 is 19.6 Å². The van der Waals surface area contributed by atoms with Crippen LogP contribution in [0.15, 0.2) is 77.9 Å². The highest BCUT2D eigenvalue weighted by molar-refractivity contribution is 5.91. The Morgan fingerprint density at radius 3 is 2.26 bits per heavy atom. The maximum Gasteiger partial charge on any atom is 0.343 e. The average molecular weight is 461 g/mol. The number of esters is 1. The van der Waals surface area contributed by atoms with Gasteiger partial charge >= 0.3 is 5.97 Å². The SMILES string of the molecule is CCCCOc1ccc(OCC(=O)N/N=C\c2ccc(OC(=O)c3cccc(C)c3)cc2)cc1. The van der Waals surface area contributed by atoms with Gasteiger partial charge in [0.25, 0.3) is 5.91 Å². The van der Waals surface area contributed by atoms with Gasteiger partial charge in [-0.05, 0) is 79.6 Å². The molecule has 0 atom stereocenters. The van der Waals surface area contributed by atoms with E-state index >= 15 is 0 Å². The molecule has 7 heteroatoms. The maximum atomic E-state index is 12.2. The minimum atomic E-state index is -0.420. The molecule has 0 aliphatic carbocycles. The van der Waals surface area contributed by atoms with E-state index in [0.717, 1.165) is 29.7 Å². The number of carbonyl (C=O) groups excluding carboxylic acids is 2. The lowest BCUT2D eigenvalue weighted by atomic mass is 10.1. The Morgan fingerprint density at radius 1 is 0.912 bits per heavy atom. The second-order valence-electron chi connectivity index (χ2n) is 7.58. The van der Waals surface area contributed by atoms with E-state index < -0.39 is 5.97 Å². The van der Waals surface area contributed by atoms with E-state index in [1.54, 1.807) is 48.5 Å². The zero-order valence-corrected chi connectivity index (χ0v) is 19.3. The van der Waals surface area contributed by atoms with Crippen LogP contribution in [0.3, 0.4) is 0 Å². The van der Waals surface area contributed by atoms with Crippen LogP contribution in [-0.4, -0.2) is 31.3 Å². The number of benzene rings is 3. The summed E-state index contributed by atoms with van der Waals surface area (Å²) in [4.78, 5) is 24.2. The van der Waals surface area contributed by atoms with Crippen molar-refractivity contribution in [2.75, 3.05) is 13.2 Å². The van der Waals surface area contributed by atoms with Gasteiger partial charge in [-0.1, -0.05) is 31.0 Å². The molecule has 3 aromatic carbocycles. The molecular weight excluding hydrogens is 432 g/mol. The molecule has 1 amide bonds. The lowest BCUT2D eigenvalue weighted by Crippen LogP contribution is -2.24. The van der Waals surface area contributed by atoms with Crippen molar-refractivity contribution in [3.63, 3.8) is 0 Å². The first-order valence-corrected chi connectivity index (χ1v) is 11.1. The van der Waals surface area contributed by atoms with Crippen molar-refractivity contribution < 1.29 is 23.8 Å². The maximum absolute atomic E-state index is 12.2. The first-order chi connectivity index (χ1) is 16.5. The molecule has 0 radical (unpaired) electrons. The van der Waals surface area contributed by atoms with Crippen LogP contribution in [0.5, 0.6) is 17.2 Å². The molecule has 3 aromatic rings. The summed E-state index contributed by atoms with van der Waals surface area (Å²) in [6.45, 7) is 4.54. The number of amides is 1. The third-order valence-electron chi connectivity index (χ3n) is 4.71. The molecule has 0 aliphatic heterocycles. The standard InChI is InChI=1S/C27H28N2O5/c1-3-4-16-32-23-12-14-24(15-13-23)33-19-26(30)29-28-18-21-8-10-25(11-9-21)34-27(31)22-7-5-6-20(2)17-22/h5-15,17-18H,3-4,16,19H2,1-2H3,(H,29,30)/b28-18-. The minimum Gasteiger partial charge on any atom is -0.494 e. The number of carbonyl (C=O) groups is 2. The fraction of sp³-hybridized carbons (Fsp3) is 0.222. The van der Waals surface area contributed by atoms with Gasteiger partial charge in [-0.25, -0.2) is 10.2 Å². The largest absolute Gasteiger partial charge is 0.494 e. The number of hydrogen-bond donors (Lipinski definition) is 1. The molecular formula is C27H28N2O5. The number of ether oxygens (including phenoxy) is 3. The second-order valence-corrected chi connectivity index (χ2v) is 7.58. The molecule has 34 heavy (non-hydrogen) atoms. The normalized spacial score (nSPS) is 10.6. The molecule has 7 nitrogen and oxygen atoms in total. The summed E-state index contributed by atoms with van der Waals surface area (Å²) in [6, 6.07) is 21.1. The van der Waals surface area contributed by atoms with Crippen molar-refractivity contribution in [3.05, 3.63) is 89.5 Å². The molecule has 0 fully saturated rings. The predicted octanol–water partition coefficient (Wildman–Crippen LogP) is 4.92. The lowest BCUT2D eigenvalue weighted by Gasteiger charge is -2.08. The number of rotatable bonds is 11. The van der Waals surface area contributed by atoms with Gasteiger partial charge in [-0.2, -0.15) is 5.10 Å². The summed E-state index contributed by atoms with van der Waals surface area (Å²) in [7, 11) is 0. The number of nitrogens with zero attached hydrogens (tertiary/aromatic N) is 1. The van der Waals surface area contributed by atoms with Crippen molar-refractivity contribution in [2.24, 2.45) is 5.10 Å². The second kappa shape index (κ2) is 12.8. The first kappa shape index (κ1) is 24.5. The molecule has 0 saturated heterocycles. The van der Waals surface area contributed by atoms with E-state index in [9.17, 15) is 9.59 Å². The van der Waals surface area contributed by atoms with E-state index in [1.165, 1.54) is 6.21 Å². The van der Waals surface area contributed by atoms with Crippen LogP contribution in [0, 0.1) is 6.92 Å². The molecule has 1 N–H and O–H groups in total. The van der Waals surface area contributed by atoms with Gasteiger partial charge < -0.3 is 14.2 Å². The fourth-order valence-corrected chi connectivity index (χ4v) is 2.89. The van der Waals surface area contributed by atoms with Gasteiger partial charge in [0.2, 0.25) is 0 Å². The van der Waals surface area contributed by atoms with Gasteiger partial charge in [0.1, 0.15) is 17.2 Å². The van der Waals surface area contributed by atoms with Gasteiger partial charge in [0, 0.05) is 0 Å². The van der Waals surface area contributed by atoms with Gasteiger partial charge in [0.05, 0.1) is 18.4 Å². The van der Waals surface area contributed by atoms with Crippen LogP contribution in [0.4, 0.5) is 0 Å². The highest BCUT2D eigenvalue weighted by atomic mass is 16.5. The Labute approximate surface area is 199 Å². The number of hydrogen-bond acceptors (Lipinski definition) is 6. The van der Waals surface area contributed by atoms with Crippen molar-refractivity contribution in [3.8, 4) is 17.2 Å². The monoisotopic (exact) mass is 460 g/mol. The lowest BCUT2D eigenvalue weighted by molar-refractivity contribution is -0.123. The summed E-state index contributed by atoms with van der Waals surface area (Å²) in [5, 5.41) is 3.93. The molecule has 176 valence electrons. The van der Waals surface area contributed by atoms with Crippen molar-refractivity contribution >= 4 is 18.1 Å². The van der Waals surface area contributed by atoms with E-state index in [1.807, 2.05) is 31.2 Å². The molecule has 0 aliphatic rings. The number of hydrazone groups is 1. The van der Waals surface area contributed by atoms with Crippen LogP contribution in [0.1, 0.15) is 41.3 Å². The zero-order chi connectivity index (χ0) is 24.2. The van der Waals surface area contributed by atoms with Crippen molar-refractivity contribution in [1.29, 1.82) is 0 Å². The van der Waals surface area contributed by atoms with Crippen LogP contribution in [-0.2, 0) is 4.79 Å². The quantitative estimate of drug-likeness (QED) is 0.144. The van der Waals surface area contributed by atoms with Gasteiger partial charge in [0.15, 0.2) is 6.61 Å². The van der Waals surface area contributed by atoms with E-state index in [4.69, 9.17) is 14.2 Å². The topological polar surface area (TPSA) is 86.2 Å². The molecule has 0 spiro atoms. The van der Waals surface area contributed by atoms with E-state index in [2.05, 4.69) is 17.5 Å². The number of unbranched alkanes of at least 4 members (excludes halogenated alkanes) is 1. The Bertz CT molecular complexity index is 1110. The summed E-state index contributed by atoms with van der Waals surface area (Å²) in [5.41, 5.74) is 4.63. The Hall–Kier alpha value is -4.13. The van der Waals surface area contributed by atoms with Crippen molar-refractivity contribution in [2.45, 2.75) is 26.7 Å². The molecule has 0 heterocycles. The average Bonchev–Trinajstić information content (AvgIpc) is 2.85. The summed E-state index contributed by atoms with van der Waals surface area (Å²) in [5.74, 6) is 0.950. The summed E-state index contributed by atoms with van der Waals surface area (Å²) >= 11 is 0. The number of nitrogens with one attached hydrogen (secondary N) is 1. The Balaban J connectivity index is 1.40. The Kier molecular flexibility index (Phi) is 9.22. The Morgan fingerprint density at radius 2 is 1.59 bits per heavy atom. The summed E-state index contributed by atoms with van der Waals surface area (Å²) in [6.07, 6.45) is 3.57. The van der Waals surface area contributed by atoms with E-state index in [0.29, 0.717) is 23.7 Å². The highest BCUT2D eigenvalue weighted by Crippen LogP contribution is 2.18. The van der Waals surface area contributed by atoms with Crippen LogP contribution in [0.2, 0.25) is 0 Å². The third kappa shape index (κ3) is 8.09. The molecule has 3 rings (SSSR count). The molecule has 0 aromatic heterocycles. The summed E-state index contributed by atoms with van der Waals surface area (Å²) < 4.78 is 16.4. The fourth-order valence-electron chi connectivity index (χ4n) is 2.89. The highest BCUT2D eigenvalue weighted by Gasteiger charge is 2.08. The molecule has 0 bridgehead atoms. The smallest absolute Gasteiger partial charge is 0.343 e. The van der Waals surface area contributed by atoms with Crippen molar-refractivity contribution in [1.82, 2.24) is 5.43 Å². The zero-order valence-electron chi connectivity index (χ0n) is 19.3.